The van der Waals surface area contributed by atoms with Gasteiger partial charge in [0, 0.05) is 5.92 Å². The second-order valence-corrected chi connectivity index (χ2v) is 19.4. The maximum absolute atomic E-state index is 14.1. The van der Waals surface area contributed by atoms with Gasteiger partial charge in [0.15, 0.2) is 0 Å². The van der Waals surface area contributed by atoms with Crippen LogP contribution in [0.25, 0.3) is 0 Å². The van der Waals surface area contributed by atoms with Crippen LogP contribution in [-0.2, 0) is 55.9 Å². The molecular weight excluding hydrogens is 1120 g/mol. The van der Waals surface area contributed by atoms with Crippen molar-refractivity contribution < 1.29 is 52.7 Å². The van der Waals surface area contributed by atoms with E-state index in [-0.39, 0.29) is 38.9 Å². The SMILES string of the molecule is Cc1ccc(S(=O)(=O)N2C([C]3[C-][CH][CH][CH]3)=N[C@H](c3ccccc3)[C@H]2c2ccccc2)cc1.Cc1ccc(S(=O)(=O)N2C([C]3[CH][CH][CH][CH]3)=N[C@H](c3ccccc3)[C@H]2c2ccccc2)cc1.[Cl][Pt+].[Fe+2]. The van der Waals surface area contributed by atoms with Crippen LogP contribution in [-0.4, -0.2) is 37.1 Å². The molecule has 10 radical (unpaired) electrons. The van der Waals surface area contributed by atoms with E-state index in [1.54, 1.807) is 49.5 Å². The van der Waals surface area contributed by atoms with Gasteiger partial charge in [0.25, 0.3) is 20.0 Å². The van der Waals surface area contributed by atoms with Gasteiger partial charge < -0.3 is 6.42 Å². The van der Waals surface area contributed by atoms with Gasteiger partial charge in [-0.25, -0.2) is 31.9 Å². The molecule has 0 bridgehead atoms. The average Bonchev–Trinajstić information content (AvgIpc) is 4.21. The zero-order valence-electron chi connectivity index (χ0n) is 36.3. The quantitative estimate of drug-likeness (QED) is 0.101. The van der Waals surface area contributed by atoms with Crippen molar-refractivity contribution in [3.05, 3.63) is 266 Å². The van der Waals surface area contributed by atoms with E-state index in [0.29, 0.717) is 17.6 Å². The molecule has 2 aliphatic carbocycles. The Morgan fingerprint density at radius 1 is 0.478 bits per heavy atom. The summed E-state index contributed by atoms with van der Waals surface area (Å²) in [6, 6.07) is 51.5. The molecule has 0 aromatic heterocycles. The summed E-state index contributed by atoms with van der Waals surface area (Å²) in [4.78, 5) is 10.5. The van der Waals surface area contributed by atoms with Crippen LogP contribution >= 0.6 is 9.42 Å². The van der Waals surface area contributed by atoms with Crippen LogP contribution in [0.5, 0.6) is 0 Å². The Kier molecular flexibility index (Phi) is 17.2. The number of hydrogen-bond acceptors (Lipinski definition) is 6. The van der Waals surface area contributed by atoms with Gasteiger partial charge >= 0.3 is 45.3 Å². The first-order valence-electron chi connectivity index (χ1n) is 21.2. The molecule has 10 rings (SSSR count). The van der Waals surface area contributed by atoms with Crippen molar-refractivity contribution >= 4 is 41.1 Å². The predicted octanol–water partition coefficient (Wildman–Crippen LogP) is 11.1. The Balaban J connectivity index is 0.000000189. The number of amidine groups is 2. The maximum Gasteiger partial charge on any atom is 2.00 e. The van der Waals surface area contributed by atoms with Crippen molar-refractivity contribution in [2.75, 3.05) is 0 Å². The molecule has 0 N–H and O–H groups in total. The molecule has 4 aliphatic rings. The summed E-state index contributed by atoms with van der Waals surface area (Å²) < 4.78 is 59.2. The van der Waals surface area contributed by atoms with Gasteiger partial charge in [-0.05, 0) is 86.1 Å². The van der Waals surface area contributed by atoms with Crippen LogP contribution in [0, 0.1) is 77.0 Å². The summed E-state index contributed by atoms with van der Waals surface area (Å²) in [6.45, 7) is 3.89. The zero-order chi connectivity index (χ0) is 46.3. The first-order valence-corrected chi connectivity index (χ1v) is 26.9. The molecule has 2 fully saturated rings. The van der Waals surface area contributed by atoms with Gasteiger partial charge in [-0.3, -0.25) is 9.98 Å². The van der Waals surface area contributed by atoms with E-state index >= 15 is 0 Å². The van der Waals surface area contributed by atoms with Crippen molar-refractivity contribution in [1.82, 2.24) is 8.61 Å². The standard InChI is InChI=1S/C27H23N2O2S.C27H22N2O2S.ClH.Fe.Pt/c2*1-20-16-18-24(19-17-20)32(30,31)29-26(22-12-6-3-7-13-22)25(21-10-4-2-5-11-21)28-27(29)23-14-8-9-15-23;;;/h2-19,25-26H,1H3;2-14,16-19,25-26H,1H3;1H;;/q;-1;;2*+2/p-1/t2*25-,26-;;;/m11.../s1. The summed E-state index contributed by atoms with van der Waals surface area (Å²) in [7, 11) is -3.14. The summed E-state index contributed by atoms with van der Waals surface area (Å²) >= 11 is 1.61. The number of aliphatic imine (C=N–C) groups is 2. The van der Waals surface area contributed by atoms with Crippen LogP contribution in [0.1, 0.15) is 57.5 Å². The van der Waals surface area contributed by atoms with E-state index in [1.807, 2.05) is 198 Å². The van der Waals surface area contributed by atoms with E-state index < -0.39 is 32.1 Å². The van der Waals surface area contributed by atoms with Crippen LogP contribution in [0.4, 0.5) is 0 Å². The minimum Gasteiger partial charge on any atom is 2.00 e. The molecule has 13 heteroatoms. The number of halogens is 1. The molecule has 8 nitrogen and oxygen atoms in total. The minimum atomic E-state index is -3.89. The van der Waals surface area contributed by atoms with Gasteiger partial charge in [0.2, 0.25) is 0 Å². The first kappa shape index (κ1) is 50.5. The molecule has 2 saturated carbocycles. The number of rotatable bonds is 10. The van der Waals surface area contributed by atoms with Crippen molar-refractivity contribution in [2.45, 2.75) is 47.8 Å². The molecular formula is C54H45ClFeN4O4PtS2+2. The first-order chi connectivity index (χ1) is 32.1. The molecule has 0 unspecified atom stereocenters. The third-order valence-corrected chi connectivity index (χ3v) is 15.1. The predicted molar refractivity (Wildman–Crippen MR) is 258 cm³/mol. The third kappa shape index (κ3) is 10.9. The van der Waals surface area contributed by atoms with Gasteiger partial charge in [0.05, 0.1) is 27.7 Å². The molecule has 4 atom stereocenters. The molecule has 0 amide bonds. The summed E-state index contributed by atoms with van der Waals surface area (Å²) in [5.74, 6) is 2.34. The molecule has 0 spiro atoms. The zero-order valence-corrected chi connectivity index (χ0v) is 42.1. The molecule has 6 aromatic rings. The molecule has 340 valence electrons. The number of sulfonamides is 2. The summed E-state index contributed by atoms with van der Waals surface area (Å²) in [5.41, 5.74) is 5.76. The maximum atomic E-state index is 14.1. The van der Waals surface area contributed by atoms with Gasteiger partial charge in [-0.15, -0.1) is 5.92 Å². The second-order valence-electron chi connectivity index (χ2n) is 15.8. The number of benzene rings is 6. The normalized spacial score (nSPS) is 20.8. The Morgan fingerprint density at radius 3 is 1.21 bits per heavy atom. The largest absolute Gasteiger partial charge is 2.00 e. The van der Waals surface area contributed by atoms with E-state index in [1.165, 1.54) is 8.61 Å². The summed E-state index contributed by atoms with van der Waals surface area (Å²) in [6.07, 6.45) is 16.3. The van der Waals surface area contributed by atoms with Gasteiger partial charge in [-0.2, -0.15) is 0 Å². The van der Waals surface area contributed by atoms with Crippen LogP contribution < -0.4 is 0 Å². The topological polar surface area (TPSA) is 99.5 Å². The smallest absolute Gasteiger partial charge is 2.00 e. The third-order valence-electron chi connectivity index (χ3n) is 11.5. The number of nitrogens with zero attached hydrogens (tertiary/aromatic N) is 4. The van der Waals surface area contributed by atoms with Crippen molar-refractivity contribution in [3.63, 3.8) is 0 Å². The van der Waals surface area contributed by atoms with E-state index in [4.69, 9.17) is 9.98 Å². The Bertz CT molecular complexity index is 2620. The van der Waals surface area contributed by atoms with E-state index in [0.717, 1.165) is 39.3 Å². The minimum absolute atomic E-state index is 0. The fourth-order valence-corrected chi connectivity index (χ4v) is 11.6. The molecule has 2 aliphatic heterocycles. The van der Waals surface area contributed by atoms with Crippen molar-refractivity contribution in [1.29, 1.82) is 0 Å². The van der Waals surface area contributed by atoms with Crippen molar-refractivity contribution in [2.24, 2.45) is 9.98 Å². The van der Waals surface area contributed by atoms with Crippen LogP contribution in [0.2, 0.25) is 0 Å². The molecule has 0 saturated heterocycles. The molecule has 6 aromatic carbocycles. The summed E-state index contributed by atoms with van der Waals surface area (Å²) in [5, 5.41) is 0. The van der Waals surface area contributed by atoms with Crippen LogP contribution in [0.3, 0.4) is 0 Å². The van der Waals surface area contributed by atoms with Gasteiger partial charge in [0.1, 0.15) is 17.9 Å². The molecule has 2 heterocycles. The molecule has 67 heavy (non-hydrogen) atoms. The monoisotopic (exact) mass is 1160 g/mol. The Labute approximate surface area is 423 Å². The second kappa shape index (κ2) is 22.8. The van der Waals surface area contributed by atoms with Gasteiger partial charge in [-0.1, -0.05) is 170 Å². The Morgan fingerprint density at radius 2 is 0.836 bits per heavy atom. The fraction of sp³-hybridized carbons (Fsp3) is 0.111. The Hall–Kier alpha value is -4.34. The van der Waals surface area contributed by atoms with Crippen LogP contribution in [0.15, 0.2) is 190 Å². The number of aryl methyl sites for hydroxylation is 2. The average molecular weight is 1160 g/mol. The van der Waals surface area contributed by atoms with E-state index in [9.17, 15) is 16.8 Å². The fourth-order valence-electron chi connectivity index (χ4n) is 8.35. The number of hydrogen-bond donors (Lipinski definition) is 0. The van der Waals surface area contributed by atoms with Crippen molar-refractivity contribution in [3.8, 4) is 0 Å². The van der Waals surface area contributed by atoms with E-state index in [2.05, 4.69) is 15.8 Å².